The maximum absolute atomic E-state index is 12.1. The highest BCUT2D eigenvalue weighted by Gasteiger charge is 2.21. The predicted molar refractivity (Wildman–Crippen MR) is 67.4 cm³/mol. The maximum Gasteiger partial charge on any atom is 0.265 e. The first kappa shape index (κ1) is 12.5. The summed E-state index contributed by atoms with van der Waals surface area (Å²) in [6, 6.07) is 0. The number of hydrogen-bond donors (Lipinski definition) is 0. The summed E-state index contributed by atoms with van der Waals surface area (Å²) in [6.07, 6.45) is 4.93. The summed E-state index contributed by atoms with van der Waals surface area (Å²) in [7, 11) is 1.83. The molecule has 0 bridgehead atoms. The molecule has 0 spiro atoms. The van der Waals surface area contributed by atoms with Crippen LogP contribution >= 0.6 is 11.3 Å². The summed E-state index contributed by atoms with van der Waals surface area (Å²) in [5, 5.41) is 1.01. The molecule has 0 aromatic carbocycles. The van der Waals surface area contributed by atoms with Crippen LogP contribution in [0.5, 0.6) is 0 Å². The molecule has 2 rings (SSSR count). The summed E-state index contributed by atoms with van der Waals surface area (Å²) in [6.45, 7) is 3.55. The standard InChI is InChI=1S/C12H18N2O2S/c1-3-11-13-7-10(17-11)12(15)14(2)8-9-5-4-6-16-9/h7,9H,3-6,8H2,1-2H3. The molecule has 1 aromatic rings. The Morgan fingerprint density at radius 2 is 2.53 bits per heavy atom. The zero-order valence-electron chi connectivity index (χ0n) is 10.3. The molecule has 94 valence electrons. The Labute approximate surface area is 106 Å². The van der Waals surface area contributed by atoms with Crippen molar-refractivity contribution in [2.45, 2.75) is 32.3 Å². The first-order valence-electron chi connectivity index (χ1n) is 6.02. The van der Waals surface area contributed by atoms with Gasteiger partial charge < -0.3 is 9.64 Å². The fourth-order valence-corrected chi connectivity index (χ4v) is 2.79. The average Bonchev–Trinajstić information content (AvgIpc) is 2.98. The Kier molecular flexibility index (Phi) is 4.12. The molecule has 0 saturated carbocycles. The summed E-state index contributed by atoms with van der Waals surface area (Å²) in [5.74, 6) is 0.0534. The lowest BCUT2D eigenvalue weighted by Crippen LogP contribution is -2.33. The molecular formula is C12H18N2O2S. The SMILES string of the molecule is CCc1ncc(C(=O)N(C)CC2CCCO2)s1. The second-order valence-electron chi connectivity index (χ2n) is 4.29. The zero-order chi connectivity index (χ0) is 12.3. The van der Waals surface area contributed by atoms with E-state index in [2.05, 4.69) is 4.98 Å². The van der Waals surface area contributed by atoms with Crippen molar-refractivity contribution in [3.63, 3.8) is 0 Å². The van der Waals surface area contributed by atoms with Crippen LogP contribution in [0.15, 0.2) is 6.20 Å². The van der Waals surface area contributed by atoms with E-state index in [9.17, 15) is 4.79 Å². The minimum atomic E-state index is 0.0534. The summed E-state index contributed by atoms with van der Waals surface area (Å²) >= 11 is 1.48. The van der Waals surface area contributed by atoms with Gasteiger partial charge in [0.1, 0.15) is 4.88 Å². The summed E-state index contributed by atoms with van der Waals surface area (Å²) in [4.78, 5) is 18.8. The number of carbonyl (C=O) groups is 1. The average molecular weight is 254 g/mol. The number of ether oxygens (including phenoxy) is 1. The van der Waals surface area contributed by atoms with Crippen molar-refractivity contribution in [2.75, 3.05) is 20.2 Å². The third kappa shape index (κ3) is 3.04. The molecule has 1 aliphatic heterocycles. The Bertz CT molecular complexity index is 386. The third-order valence-corrected chi connectivity index (χ3v) is 4.04. The van der Waals surface area contributed by atoms with E-state index in [1.54, 1.807) is 11.1 Å². The van der Waals surface area contributed by atoms with Gasteiger partial charge in [-0.15, -0.1) is 11.3 Å². The molecule has 17 heavy (non-hydrogen) atoms. The lowest BCUT2D eigenvalue weighted by molar-refractivity contribution is 0.0590. The molecule has 0 aliphatic carbocycles. The fraction of sp³-hybridized carbons (Fsp3) is 0.667. The number of nitrogens with zero attached hydrogens (tertiary/aromatic N) is 2. The lowest BCUT2D eigenvalue weighted by Gasteiger charge is -2.19. The number of thiazole rings is 1. The van der Waals surface area contributed by atoms with Gasteiger partial charge in [0.05, 0.1) is 17.3 Å². The van der Waals surface area contributed by atoms with Crippen LogP contribution in [-0.4, -0.2) is 42.1 Å². The monoisotopic (exact) mass is 254 g/mol. The van der Waals surface area contributed by atoms with Crippen molar-refractivity contribution < 1.29 is 9.53 Å². The van der Waals surface area contributed by atoms with Gasteiger partial charge in [-0.05, 0) is 19.3 Å². The number of amides is 1. The van der Waals surface area contributed by atoms with E-state index in [4.69, 9.17) is 4.74 Å². The van der Waals surface area contributed by atoms with Gasteiger partial charge in [-0.2, -0.15) is 0 Å². The third-order valence-electron chi connectivity index (χ3n) is 2.91. The van der Waals surface area contributed by atoms with Crippen molar-refractivity contribution in [3.05, 3.63) is 16.1 Å². The van der Waals surface area contributed by atoms with Gasteiger partial charge in [-0.1, -0.05) is 6.92 Å². The number of hydrogen-bond acceptors (Lipinski definition) is 4. The van der Waals surface area contributed by atoms with E-state index in [0.29, 0.717) is 6.54 Å². The van der Waals surface area contributed by atoms with Crippen molar-refractivity contribution in [1.82, 2.24) is 9.88 Å². The number of aromatic nitrogens is 1. The first-order valence-corrected chi connectivity index (χ1v) is 6.84. The zero-order valence-corrected chi connectivity index (χ0v) is 11.1. The molecule has 0 radical (unpaired) electrons. The molecule has 2 heterocycles. The Morgan fingerprint density at radius 1 is 1.71 bits per heavy atom. The second-order valence-corrected chi connectivity index (χ2v) is 5.41. The highest BCUT2D eigenvalue weighted by molar-refractivity contribution is 7.13. The van der Waals surface area contributed by atoms with Gasteiger partial charge in [0.15, 0.2) is 0 Å². The minimum Gasteiger partial charge on any atom is -0.376 e. The normalized spacial score (nSPS) is 19.5. The van der Waals surface area contributed by atoms with Crippen LogP contribution in [0.3, 0.4) is 0 Å². The lowest BCUT2D eigenvalue weighted by atomic mass is 10.2. The van der Waals surface area contributed by atoms with E-state index in [0.717, 1.165) is 35.8 Å². The second kappa shape index (κ2) is 5.60. The summed E-state index contributed by atoms with van der Waals surface area (Å²) in [5.41, 5.74) is 0. The van der Waals surface area contributed by atoms with Gasteiger partial charge in [0.25, 0.3) is 5.91 Å². The van der Waals surface area contributed by atoms with Gasteiger partial charge in [0.2, 0.25) is 0 Å². The van der Waals surface area contributed by atoms with E-state index in [-0.39, 0.29) is 12.0 Å². The largest absolute Gasteiger partial charge is 0.376 e. The quantitative estimate of drug-likeness (QED) is 0.825. The highest BCUT2D eigenvalue weighted by atomic mass is 32.1. The fourth-order valence-electron chi connectivity index (χ4n) is 1.94. The molecule has 1 unspecified atom stereocenters. The van der Waals surface area contributed by atoms with E-state index in [1.165, 1.54) is 11.3 Å². The van der Waals surface area contributed by atoms with Crippen LogP contribution < -0.4 is 0 Å². The van der Waals surface area contributed by atoms with Crippen molar-refractivity contribution in [3.8, 4) is 0 Å². The number of rotatable bonds is 4. The highest BCUT2D eigenvalue weighted by Crippen LogP contribution is 2.17. The van der Waals surface area contributed by atoms with E-state index in [1.807, 2.05) is 14.0 Å². The van der Waals surface area contributed by atoms with Gasteiger partial charge in [-0.3, -0.25) is 4.79 Å². The van der Waals surface area contributed by atoms with Crippen LogP contribution in [0.1, 0.15) is 34.4 Å². The number of carbonyl (C=O) groups excluding carboxylic acids is 1. The smallest absolute Gasteiger partial charge is 0.265 e. The molecule has 1 aromatic heterocycles. The van der Waals surface area contributed by atoms with Crippen LogP contribution in [0.4, 0.5) is 0 Å². The van der Waals surface area contributed by atoms with Crippen LogP contribution in [0, 0.1) is 0 Å². The minimum absolute atomic E-state index is 0.0534. The van der Waals surface area contributed by atoms with Crippen molar-refractivity contribution in [1.29, 1.82) is 0 Å². The number of aryl methyl sites for hydroxylation is 1. The molecule has 1 aliphatic rings. The molecule has 1 fully saturated rings. The van der Waals surface area contributed by atoms with Crippen LogP contribution in [-0.2, 0) is 11.2 Å². The van der Waals surface area contributed by atoms with Gasteiger partial charge in [-0.25, -0.2) is 4.98 Å². The van der Waals surface area contributed by atoms with Crippen LogP contribution in [0.2, 0.25) is 0 Å². The Hall–Kier alpha value is -0.940. The predicted octanol–water partition coefficient (Wildman–Crippen LogP) is 1.96. The van der Waals surface area contributed by atoms with E-state index >= 15 is 0 Å². The Balaban J connectivity index is 1.93. The van der Waals surface area contributed by atoms with Crippen LogP contribution in [0.25, 0.3) is 0 Å². The summed E-state index contributed by atoms with van der Waals surface area (Å²) < 4.78 is 5.53. The molecule has 1 saturated heterocycles. The Morgan fingerprint density at radius 3 is 3.12 bits per heavy atom. The van der Waals surface area contributed by atoms with Crippen molar-refractivity contribution in [2.24, 2.45) is 0 Å². The molecule has 4 nitrogen and oxygen atoms in total. The molecule has 0 N–H and O–H groups in total. The van der Waals surface area contributed by atoms with E-state index < -0.39 is 0 Å². The molecular weight excluding hydrogens is 236 g/mol. The molecule has 1 atom stereocenters. The number of likely N-dealkylation sites (N-methyl/N-ethyl adjacent to an activating group) is 1. The molecule has 1 amide bonds. The topological polar surface area (TPSA) is 42.4 Å². The first-order chi connectivity index (χ1) is 8.20. The van der Waals surface area contributed by atoms with Gasteiger partial charge >= 0.3 is 0 Å². The van der Waals surface area contributed by atoms with Crippen molar-refractivity contribution >= 4 is 17.2 Å². The molecule has 5 heteroatoms. The van der Waals surface area contributed by atoms with Gasteiger partial charge in [0, 0.05) is 20.2 Å². The maximum atomic E-state index is 12.1.